The van der Waals surface area contributed by atoms with Crippen LogP contribution in [0, 0.1) is 5.41 Å². The van der Waals surface area contributed by atoms with Crippen LogP contribution >= 0.6 is 0 Å². The average Bonchev–Trinajstić information content (AvgIpc) is 3.14. The van der Waals surface area contributed by atoms with Crippen LogP contribution in [-0.2, 0) is 9.84 Å². The zero-order chi connectivity index (χ0) is 21.5. The van der Waals surface area contributed by atoms with Crippen molar-refractivity contribution < 1.29 is 13.2 Å². The maximum atomic E-state index is 12.7. The number of H-pyrrole nitrogens is 1. The van der Waals surface area contributed by atoms with Gasteiger partial charge in [-0.2, -0.15) is 0 Å². The molecule has 0 spiro atoms. The highest BCUT2D eigenvalue weighted by Crippen LogP contribution is 2.39. The first-order valence-corrected chi connectivity index (χ1v) is 11.7. The Hall–Kier alpha value is -2.74. The second-order valence-corrected chi connectivity index (χ2v) is 11.1. The third-order valence-corrected chi connectivity index (χ3v) is 8.13. The Labute approximate surface area is 176 Å². The van der Waals surface area contributed by atoms with Crippen LogP contribution < -0.4 is 5.32 Å². The quantitative estimate of drug-likeness (QED) is 0.625. The van der Waals surface area contributed by atoms with Crippen molar-refractivity contribution >= 4 is 26.9 Å². The maximum Gasteiger partial charge on any atom is 0.255 e. The number of nitrogens with one attached hydrogen (secondary N) is 2. The molecule has 1 aromatic carbocycles. The molecule has 3 aromatic rings. The van der Waals surface area contributed by atoms with Crippen LogP contribution in [0.25, 0.3) is 22.4 Å². The van der Waals surface area contributed by atoms with E-state index in [0.29, 0.717) is 29.0 Å². The first-order chi connectivity index (χ1) is 14.2. The number of amides is 1. The van der Waals surface area contributed by atoms with Crippen LogP contribution in [0.2, 0.25) is 0 Å². The molecule has 0 aliphatic heterocycles. The van der Waals surface area contributed by atoms with Gasteiger partial charge in [-0.1, -0.05) is 25.5 Å². The summed E-state index contributed by atoms with van der Waals surface area (Å²) in [5.41, 5.74) is 3.01. The van der Waals surface area contributed by atoms with Gasteiger partial charge in [-0.25, -0.2) is 18.4 Å². The van der Waals surface area contributed by atoms with E-state index in [2.05, 4.69) is 27.2 Å². The molecule has 1 saturated carbocycles. The molecule has 0 saturated heterocycles. The van der Waals surface area contributed by atoms with Gasteiger partial charge in [0.15, 0.2) is 15.5 Å². The lowest BCUT2D eigenvalue weighted by atomic mass is 9.70. The summed E-state index contributed by atoms with van der Waals surface area (Å²) < 4.78 is 24.6. The second-order valence-electron chi connectivity index (χ2n) is 8.62. The normalized spacial score (nSPS) is 15.9. The van der Waals surface area contributed by atoms with E-state index in [1.165, 1.54) is 6.42 Å². The summed E-state index contributed by atoms with van der Waals surface area (Å²) in [7, 11) is -3.33. The molecule has 2 aromatic heterocycles. The van der Waals surface area contributed by atoms with Gasteiger partial charge >= 0.3 is 0 Å². The molecule has 1 amide bonds. The van der Waals surface area contributed by atoms with Crippen molar-refractivity contribution in [3.63, 3.8) is 0 Å². The Morgan fingerprint density at radius 2 is 1.93 bits per heavy atom. The molecule has 30 heavy (non-hydrogen) atoms. The average molecular weight is 427 g/mol. The molecule has 0 atom stereocenters. The predicted molar refractivity (Wildman–Crippen MR) is 116 cm³/mol. The van der Waals surface area contributed by atoms with Crippen molar-refractivity contribution in [2.75, 3.05) is 6.54 Å². The summed E-state index contributed by atoms with van der Waals surface area (Å²) in [6, 6.07) is 6.60. The van der Waals surface area contributed by atoms with Gasteiger partial charge in [0.2, 0.25) is 0 Å². The Balaban J connectivity index is 1.60. The molecule has 1 aliphatic carbocycles. The van der Waals surface area contributed by atoms with Crippen LogP contribution in [-0.4, -0.2) is 41.1 Å². The summed E-state index contributed by atoms with van der Waals surface area (Å²) in [6.07, 6.45) is 6.72. The van der Waals surface area contributed by atoms with E-state index in [-0.39, 0.29) is 16.2 Å². The zero-order valence-electron chi connectivity index (χ0n) is 17.4. The number of carbonyl (C=O) groups excluding carboxylic acids is 1. The maximum absolute atomic E-state index is 12.7. The van der Waals surface area contributed by atoms with Gasteiger partial charge in [-0.15, -0.1) is 0 Å². The number of sulfone groups is 1. The molecule has 8 heteroatoms. The lowest BCUT2D eigenvalue weighted by molar-refractivity contribution is 0.0892. The van der Waals surface area contributed by atoms with Crippen molar-refractivity contribution in [2.24, 2.45) is 5.41 Å². The summed E-state index contributed by atoms with van der Waals surface area (Å²) in [6.45, 7) is 6.16. The standard InChI is InChI=1S/C22H26N4O3S/c1-14(2)30(28,29)16-7-5-15(6-8-16)18-12-24-20-19(26-18)17(11-23-20)21(27)25-13-22(3)9-4-10-22/h5-8,11-12,14H,4,9-10,13H2,1-3H3,(H,23,24)(H,25,27). The number of aromatic nitrogens is 3. The number of hydrogen-bond acceptors (Lipinski definition) is 5. The van der Waals surface area contributed by atoms with E-state index in [4.69, 9.17) is 0 Å². The smallest absolute Gasteiger partial charge is 0.255 e. The molecule has 1 fully saturated rings. The fourth-order valence-electron chi connectivity index (χ4n) is 3.64. The van der Waals surface area contributed by atoms with Crippen LogP contribution in [0.1, 0.15) is 50.4 Å². The summed E-state index contributed by atoms with van der Waals surface area (Å²) in [5, 5.41) is 2.54. The molecule has 2 N–H and O–H groups in total. The summed E-state index contributed by atoms with van der Waals surface area (Å²) >= 11 is 0. The van der Waals surface area contributed by atoms with E-state index in [0.717, 1.165) is 18.4 Å². The molecular weight excluding hydrogens is 400 g/mol. The molecule has 2 heterocycles. The van der Waals surface area contributed by atoms with Crippen molar-refractivity contribution in [3.05, 3.63) is 42.2 Å². The van der Waals surface area contributed by atoms with Crippen molar-refractivity contribution in [2.45, 2.75) is 50.2 Å². The first kappa shape index (κ1) is 20.5. The minimum atomic E-state index is -3.33. The Kier molecular flexibility index (Phi) is 5.13. The number of hydrogen-bond donors (Lipinski definition) is 2. The van der Waals surface area contributed by atoms with Gasteiger partial charge in [0, 0.05) is 18.3 Å². The number of carbonyl (C=O) groups is 1. The molecule has 0 bridgehead atoms. The van der Waals surface area contributed by atoms with Crippen LogP contribution in [0.5, 0.6) is 0 Å². The van der Waals surface area contributed by atoms with Gasteiger partial charge in [-0.3, -0.25) is 4.79 Å². The zero-order valence-corrected chi connectivity index (χ0v) is 18.2. The lowest BCUT2D eigenvalue weighted by Gasteiger charge is -2.38. The number of fused-ring (bicyclic) bond motifs is 1. The van der Waals surface area contributed by atoms with Gasteiger partial charge < -0.3 is 10.3 Å². The first-order valence-electron chi connectivity index (χ1n) is 10.2. The van der Waals surface area contributed by atoms with E-state index in [9.17, 15) is 13.2 Å². The molecular formula is C22H26N4O3S. The third kappa shape index (κ3) is 3.71. The molecule has 0 radical (unpaired) electrons. The van der Waals surface area contributed by atoms with Gasteiger partial charge in [-0.05, 0) is 44.2 Å². The minimum absolute atomic E-state index is 0.167. The highest BCUT2D eigenvalue weighted by atomic mass is 32.2. The van der Waals surface area contributed by atoms with Gasteiger partial charge in [0.25, 0.3) is 5.91 Å². The van der Waals surface area contributed by atoms with Crippen molar-refractivity contribution in [1.29, 1.82) is 0 Å². The van der Waals surface area contributed by atoms with Crippen molar-refractivity contribution in [3.8, 4) is 11.3 Å². The fourth-order valence-corrected chi connectivity index (χ4v) is 4.70. The second kappa shape index (κ2) is 7.50. The van der Waals surface area contributed by atoms with E-state index >= 15 is 0 Å². The Morgan fingerprint density at radius 3 is 2.53 bits per heavy atom. The lowest BCUT2D eigenvalue weighted by Crippen LogP contribution is -2.39. The van der Waals surface area contributed by atoms with E-state index in [1.54, 1.807) is 50.5 Å². The van der Waals surface area contributed by atoms with Crippen LogP contribution in [0.15, 0.2) is 41.6 Å². The minimum Gasteiger partial charge on any atom is -0.351 e. The molecule has 4 rings (SSSR count). The number of benzene rings is 1. The Bertz CT molecular complexity index is 1190. The monoisotopic (exact) mass is 426 g/mol. The number of rotatable bonds is 6. The largest absolute Gasteiger partial charge is 0.351 e. The SMILES string of the molecule is CC(C)S(=O)(=O)c1ccc(-c2cnc3[nH]cc(C(=O)NCC4(C)CCC4)c3n2)cc1. The Morgan fingerprint density at radius 1 is 1.23 bits per heavy atom. The van der Waals surface area contributed by atoms with Crippen LogP contribution in [0.3, 0.4) is 0 Å². The molecule has 0 unspecified atom stereocenters. The van der Waals surface area contributed by atoms with Crippen molar-refractivity contribution in [1.82, 2.24) is 20.3 Å². The van der Waals surface area contributed by atoms with Gasteiger partial charge in [0.1, 0.15) is 5.52 Å². The third-order valence-electron chi connectivity index (χ3n) is 5.96. The molecule has 1 aliphatic rings. The highest BCUT2D eigenvalue weighted by molar-refractivity contribution is 7.92. The van der Waals surface area contributed by atoms with E-state index in [1.807, 2.05) is 0 Å². The predicted octanol–water partition coefficient (Wildman–Crippen LogP) is 3.73. The van der Waals surface area contributed by atoms with Crippen LogP contribution in [0.4, 0.5) is 0 Å². The summed E-state index contributed by atoms with van der Waals surface area (Å²) in [4.78, 5) is 25.0. The highest BCUT2D eigenvalue weighted by Gasteiger charge is 2.32. The molecule has 7 nitrogen and oxygen atoms in total. The van der Waals surface area contributed by atoms with E-state index < -0.39 is 15.1 Å². The number of nitrogens with zero attached hydrogens (tertiary/aromatic N) is 2. The van der Waals surface area contributed by atoms with Gasteiger partial charge in [0.05, 0.1) is 27.6 Å². The summed E-state index contributed by atoms with van der Waals surface area (Å²) in [5.74, 6) is -0.167. The molecule has 158 valence electrons. The number of aromatic amines is 1. The topological polar surface area (TPSA) is 105 Å². The fraction of sp³-hybridized carbons (Fsp3) is 0.409.